The summed E-state index contributed by atoms with van der Waals surface area (Å²) in [6.07, 6.45) is 83.1. The number of rotatable bonds is 63. The molecular formula is C73H134N2O7P+. The first-order chi connectivity index (χ1) is 40.4. The second-order valence-electron chi connectivity index (χ2n) is 24.7. The fourth-order valence-corrected chi connectivity index (χ4v) is 10.6. The van der Waals surface area contributed by atoms with Crippen LogP contribution in [0, 0.1) is 0 Å². The molecule has 3 unspecified atom stereocenters. The van der Waals surface area contributed by atoms with Gasteiger partial charge in [0, 0.05) is 12.8 Å². The van der Waals surface area contributed by atoms with Crippen LogP contribution in [-0.2, 0) is 27.9 Å². The molecule has 9 nitrogen and oxygen atoms in total. The maximum absolute atomic E-state index is 13.6. The molecule has 0 saturated heterocycles. The van der Waals surface area contributed by atoms with Crippen molar-refractivity contribution in [3.63, 3.8) is 0 Å². The van der Waals surface area contributed by atoms with Crippen molar-refractivity contribution >= 4 is 19.7 Å². The summed E-state index contributed by atoms with van der Waals surface area (Å²) < 4.78 is 30.8. The molecule has 0 heterocycles. The number of quaternary nitrogens is 1. The van der Waals surface area contributed by atoms with Crippen LogP contribution in [0.1, 0.15) is 316 Å². The maximum Gasteiger partial charge on any atom is 0.472 e. The number of hydrogen-bond donors (Lipinski definition) is 2. The van der Waals surface area contributed by atoms with E-state index in [1.807, 2.05) is 33.3 Å². The van der Waals surface area contributed by atoms with Crippen molar-refractivity contribution < 1.29 is 37.3 Å². The second kappa shape index (κ2) is 62.2. The predicted octanol–water partition coefficient (Wildman–Crippen LogP) is 22.1. The first kappa shape index (κ1) is 80.2. The number of amides is 1. The quantitative estimate of drug-likeness (QED) is 0.0205. The molecule has 0 aliphatic heterocycles. The molecule has 3 atom stereocenters. The average Bonchev–Trinajstić information content (AvgIpc) is 3.51. The number of ether oxygens (including phenoxy) is 1. The minimum Gasteiger partial charge on any atom is -0.456 e. The highest BCUT2D eigenvalue weighted by Gasteiger charge is 2.30. The molecule has 1 amide bonds. The zero-order valence-electron chi connectivity index (χ0n) is 55.2. The molecule has 0 fully saturated rings. The lowest BCUT2D eigenvalue weighted by Gasteiger charge is -2.27. The van der Waals surface area contributed by atoms with Gasteiger partial charge in [0.25, 0.3) is 0 Å². The molecule has 2 N–H and O–H groups in total. The van der Waals surface area contributed by atoms with Crippen molar-refractivity contribution in [3.8, 4) is 0 Å². The number of nitrogens with zero attached hydrogens (tertiary/aromatic N) is 1. The lowest BCUT2D eigenvalue weighted by Crippen LogP contribution is -2.47. The zero-order valence-corrected chi connectivity index (χ0v) is 56.1. The number of carbonyl (C=O) groups is 2. The first-order valence-electron chi connectivity index (χ1n) is 34.9. The summed E-state index contributed by atoms with van der Waals surface area (Å²) in [6, 6.07) is -0.859. The Morgan fingerprint density at radius 2 is 0.735 bits per heavy atom. The van der Waals surface area contributed by atoms with Crippen molar-refractivity contribution in [2.24, 2.45) is 0 Å². The SMILES string of the molecule is CCCCC/C=C\C/C=C\C/C=C\CCCCCCCCCCCCCCCCC(=O)OC(/C=C\CCCCCCCCCCC)C(COP(=O)(O)OCC[N+](C)(C)C)NC(=O)CCCCCCCC/C=C\C/C=C\C/C=C\CCCCC. The third kappa shape index (κ3) is 63.5. The highest BCUT2D eigenvalue weighted by atomic mass is 31.2. The number of carbonyl (C=O) groups excluding carboxylic acids is 2. The molecule has 0 bridgehead atoms. The van der Waals surface area contributed by atoms with Crippen LogP contribution in [0.25, 0.3) is 0 Å². The van der Waals surface area contributed by atoms with Crippen LogP contribution in [0.2, 0.25) is 0 Å². The van der Waals surface area contributed by atoms with Gasteiger partial charge in [0.1, 0.15) is 19.3 Å². The van der Waals surface area contributed by atoms with Gasteiger partial charge in [-0.15, -0.1) is 0 Å². The number of nitrogens with one attached hydrogen (secondary N) is 1. The van der Waals surface area contributed by atoms with E-state index >= 15 is 0 Å². The van der Waals surface area contributed by atoms with Gasteiger partial charge in [-0.25, -0.2) is 4.57 Å². The van der Waals surface area contributed by atoms with Crippen LogP contribution >= 0.6 is 7.82 Å². The normalized spacial score (nSPS) is 14.1. The summed E-state index contributed by atoms with van der Waals surface area (Å²) in [5.74, 6) is -0.516. The van der Waals surface area contributed by atoms with Crippen molar-refractivity contribution in [1.29, 1.82) is 0 Å². The van der Waals surface area contributed by atoms with Crippen molar-refractivity contribution in [3.05, 3.63) is 85.1 Å². The smallest absolute Gasteiger partial charge is 0.456 e. The van der Waals surface area contributed by atoms with Crippen molar-refractivity contribution in [2.45, 2.75) is 328 Å². The second-order valence-corrected chi connectivity index (χ2v) is 26.1. The van der Waals surface area contributed by atoms with Crippen LogP contribution in [-0.4, -0.2) is 74.3 Å². The molecule has 0 aliphatic rings. The van der Waals surface area contributed by atoms with Crippen molar-refractivity contribution in [2.75, 3.05) is 40.9 Å². The molecule has 0 saturated carbocycles. The van der Waals surface area contributed by atoms with E-state index in [1.54, 1.807) is 0 Å². The van der Waals surface area contributed by atoms with Gasteiger partial charge in [-0.05, 0) is 109 Å². The molecule has 0 aliphatic carbocycles. The van der Waals surface area contributed by atoms with E-state index in [2.05, 4.69) is 99.0 Å². The Kier molecular flexibility index (Phi) is 60.1. The highest BCUT2D eigenvalue weighted by Crippen LogP contribution is 2.43. The Balaban J connectivity index is 5.03. The predicted molar refractivity (Wildman–Crippen MR) is 360 cm³/mol. The molecule has 482 valence electrons. The number of esters is 1. The number of unbranched alkanes of at least 4 members (excludes halogenated alkanes) is 35. The first-order valence-corrected chi connectivity index (χ1v) is 36.4. The molecule has 83 heavy (non-hydrogen) atoms. The summed E-state index contributed by atoms with van der Waals surface area (Å²) in [6.45, 7) is 6.96. The zero-order chi connectivity index (χ0) is 60.7. The van der Waals surface area contributed by atoms with Crippen molar-refractivity contribution in [1.82, 2.24) is 5.32 Å². The van der Waals surface area contributed by atoms with Crippen LogP contribution < -0.4 is 5.32 Å². The molecule has 0 aromatic carbocycles. The molecule has 0 rings (SSSR count). The molecule has 0 aromatic rings. The lowest BCUT2D eigenvalue weighted by atomic mass is 10.0. The number of hydrogen-bond acceptors (Lipinski definition) is 6. The monoisotopic (exact) mass is 1180 g/mol. The standard InChI is InChI=1S/C73H133N2O7P/c1-7-10-13-16-19-22-25-27-29-31-33-34-35-36-37-38-39-40-42-44-46-48-51-54-57-60-63-66-73(77)82-71(64-61-58-55-52-49-24-21-18-15-12-9-3)70(69-81-83(78,79)80-68-67-75(4,5)6)74-72(76)65-62-59-56-53-50-47-45-43-41-32-30-28-26-23-20-17-14-11-8-2/h19-20,22-23,27-30,33-34,41,43,61,64,70-71H,7-18,21,24-26,31-32,35-40,42,44-60,62-63,65-69H2,1-6H3,(H-,74,76,78,79)/p+1/b22-19-,23-20-,29-27-,30-28-,34-33-,43-41-,64-61-. The van der Waals surface area contributed by atoms with Gasteiger partial charge >= 0.3 is 13.8 Å². The molecular weight excluding hydrogens is 1050 g/mol. The largest absolute Gasteiger partial charge is 0.472 e. The molecule has 0 spiro atoms. The van der Waals surface area contributed by atoms with Crippen LogP contribution in [0.15, 0.2) is 85.1 Å². The number of allylic oxidation sites excluding steroid dienone is 13. The van der Waals surface area contributed by atoms with Crippen LogP contribution in [0.4, 0.5) is 0 Å². The Morgan fingerprint density at radius 1 is 0.422 bits per heavy atom. The van der Waals surface area contributed by atoms with E-state index in [0.29, 0.717) is 17.4 Å². The summed E-state index contributed by atoms with van der Waals surface area (Å²) in [5, 5.41) is 3.06. The van der Waals surface area contributed by atoms with Crippen LogP contribution in [0.3, 0.4) is 0 Å². The molecule has 0 aromatic heterocycles. The minimum absolute atomic E-state index is 0.0351. The minimum atomic E-state index is -4.46. The Labute approximate surface area is 514 Å². The summed E-state index contributed by atoms with van der Waals surface area (Å²) in [5.41, 5.74) is 0. The van der Waals surface area contributed by atoms with Gasteiger partial charge < -0.3 is 19.4 Å². The van der Waals surface area contributed by atoms with Gasteiger partial charge in [-0.3, -0.25) is 18.6 Å². The number of phosphoric acid groups is 1. The van der Waals surface area contributed by atoms with Gasteiger partial charge in [0.15, 0.2) is 0 Å². The highest BCUT2D eigenvalue weighted by molar-refractivity contribution is 7.47. The van der Waals surface area contributed by atoms with E-state index in [1.165, 1.54) is 186 Å². The third-order valence-corrected chi connectivity index (χ3v) is 16.3. The third-order valence-electron chi connectivity index (χ3n) is 15.3. The number of likely N-dealkylation sites (N-methyl/N-ethyl adjacent to an activating group) is 1. The Hall–Kier alpha value is -2.81. The van der Waals surface area contributed by atoms with Gasteiger partial charge in [0.05, 0.1) is 33.8 Å². The average molecular weight is 1180 g/mol. The summed E-state index contributed by atoms with van der Waals surface area (Å²) in [4.78, 5) is 37.8. The van der Waals surface area contributed by atoms with E-state index in [9.17, 15) is 19.0 Å². The Bertz CT molecular complexity index is 1700. The van der Waals surface area contributed by atoms with Gasteiger partial charge in [0.2, 0.25) is 5.91 Å². The lowest BCUT2D eigenvalue weighted by molar-refractivity contribution is -0.870. The van der Waals surface area contributed by atoms with E-state index in [-0.39, 0.29) is 31.5 Å². The molecule has 0 radical (unpaired) electrons. The van der Waals surface area contributed by atoms with Crippen LogP contribution in [0.5, 0.6) is 0 Å². The van der Waals surface area contributed by atoms with E-state index < -0.39 is 20.0 Å². The Morgan fingerprint density at radius 3 is 1.12 bits per heavy atom. The summed E-state index contributed by atoms with van der Waals surface area (Å²) >= 11 is 0. The fourth-order valence-electron chi connectivity index (χ4n) is 9.90. The fraction of sp³-hybridized carbons (Fsp3) is 0.781. The van der Waals surface area contributed by atoms with E-state index in [0.717, 1.165) is 96.3 Å². The number of phosphoric ester groups is 1. The maximum atomic E-state index is 13.6. The van der Waals surface area contributed by atoms with Gasteiger partial charge in [-0.2, -0.15) is 0 Å². The topological polar surface area (TPSA) is 111 Å². The molecule has 10 heteroatoms. The van der Waals surface area contributed by atoms with Gasteiger partial charge in [-0.1, -0.05) is 280 Å². The summed E-state index contributed by atoms with van der Waals surface area (Å²) in [7, 11) is 1.49. The van der Waals surface area contributed by atoms with E-state index in [4.69, 9.17) is 13.8 Å².